The Bertz CT molecular complexity index is 840. The molecule has 0 aliphatic carbocycles. The number of carbonyl (C=O) groups is 2. The van der Waals surface area contributed by atoms with E-state index in [1.807, 2.05) is 47.4 Å². The van der Waals surface area contributed by atoms with Crippen molar-refractivity contribution in [2.45, 2.75) is 18.9 Å². The molecule has 1 atom stereocenters. The van der Waals surface area contributed by atoms with E-state index in [-0.39, 0.29) is 11.8 Å². The highest BCUT2D eigenvalue weighted by Crippen LogP contribution is 2.16. The van der Waals surface area contributed by atoms with Gasteiger partial charge in [-0.1, -0.05) is 30.3 Å². The Kier molecular flexibility index (Phi) is 5.88. The highest BCUT2D eigenvalue weighted by atomic mass is 16.5. The Balaban J connectivity index is 1.22. The van der Waals surface area contributed by atoms with Crippen LogP contribution in [0, 0.1) is 0 Å². The van der Waals surface area contributed by atoms with Crippen molar-refractivity contribution in [1.82, 2.24) is 15.1 Å². The molecule has 1 N–H and O–H groups in total. The van der Waals surface area contributed by atoms with Crippen molar-refractivity contribution in [3.63, 3.8) is 0 Å². The molecule has 148 valence electrons. The van der Waals surface area contributed by atoms with Gasteiger partial charge in [0.05, 0.1) is 6.61 Å². The number of hydrogen-bond donors (Lipinski definition) is 1. The number of carbonyl (C=O) groups excluding carboxylic acids is 2. The first-order chi connectivity index (χ1) is 13.7. The molecule has 2 aromatic rings. The van der Waals surface area contributed by atoms with Crippen LogP contribution in [-0.4, -0.2) is 73.6 Å². The Labute approximate surface area is 165 Å². The molecule has 2 aliphatic rings. The fourth-order valence-corrected chi connectivity index (χ4v) is 4.02. The van der Waals surface area contributed by atoms with Gasteiger partial charge in [0.1, 0.15) is 0 Å². The first-order valence-corrected chi connectivity index (χ1v) is 10.1. The molecule has 2 fully saturated rings. The van der Waals surface area contributed by atoms with E-state index < -0.39 is 0 Å². The van der Waals surface area contributed by atoms with E-state index in [0.29, 0.717) is 24.6 Å². The van der Waals surface area contributed by atoms with Crippen molar-refractivity contribution in [1.29, 1.82) is 0 Å². The minimum Gasteiger partial charge on any atom is -0.380 e. The summed E-state index contributed by atoms with van der Waals surface area (Å²) in [5, 5.41) is 5.02. The molecular formula is C22H27N3O3. The predicted molar refractivity (Wildman–Crippen MR) is 108 cm³/mol. The van der Waals surface area contributed by atoms with Crippen LogP contribution in [0.1, 0.15) is 23.2 Å². The highest BCUT2D eigenvalue weighted by Gasteiger charge is 2.28. The SMILES string of the molecule is O=C(NCCC(=O)N1CCN(C2CCOC2)CC1)c1ccc2ccccc2c1. The topological polar surface area (TPSA) is 61.9 Å². The van der Waals surface area contributed by atoms with Crippen LogP contribution in [0.2, 0.25) is 0 Å². The van der Waals surface area contributed by atoms with Crippen LogP contribution in [0.4, 0.5) is 0 Å². The van der Waals surface area contributed by atoms with Gasteiger partial charge in [-0.3, -0.25) is 14.5 Å². The van der Waals surface area contributed by atoms with Crippen LogP contribution in [0.3, 0.4) is 0 Å². The van der Waals surface area contributed by atoms with Crippen LogP contribution in [0.25, 0.3) is 10.8 Å². The maximum atomic E-state index is 12.5. The second-order valence-corrected chi connectivity index (χ2v) is 7.50. The summed E-state index contributed by atoms with van der Waals surface area (Å²) in [6.45, 7) is 5.35. The molecule has 0 bridgehead atoms. The summed E-state index contributed by atoms with van der Waals surface area (Å²) in [5.41, 5.74) is 0.624. The predicted octanol–water partition coefficient (Wildman–Crippen LogP) is 1.89. The normalized spacial score (nSPS) is 20.4. The summed E-state index contributed by atoms with van der Waals surface area (Å²) in [5.74, 6) is -0.0225. The van der Waals surface area contributed by atoms with E-state index in [4.69, 9.17) is 4.74 Å². The fourth-order valence-electron chi connectivity index (χ4n) is 4.02. The molecular weight excluding hydrogens is 354 g/mol. The number of benzene rings is 2. The molecule has 4 rings (SSSR count). The summed E-state index contributed by atoms with van der Waals surface area (Å²) in [6, 6.07) is 14.1. The zero-order valence-corrected chi connectivity index (χ0v) is 16.1. The minimum atomic E-state index is -0.135. The van der Waals surface area contributed by atoms with E-state index in [2.05, 4.69) is 10.2 Å². The average molecular weight is 381 g/mol. The number of nitrogens with zero attached hydrogens (tertiary/aromatic N) is 2. The Morgan fingerprint density at radius 3 is 2.57 bits per heavy atom. The number of nitrogens with one attached hydrogen (secondary N) is 1. The van der Waals surface area contributed by atoms with E-state index in [1.165, 1.54) is 0 Å². The molecule has 2 aromatic carbocycles. The van der Waals surface area contributed by atoms with Gasteiger partial charge in [0, 0.05) is 57.4 Å². The lowest BCUT2D eigenvalue weighted by Crippen LogP contribution is -2.52. The summed E-state index contributed by atoms with van der Waals surface area (Å²) in [7, 11) is 0. The maximum absolute atomic E-state index is 12.5. The molecule has 6 nitrogen and oxygen atoms in total. The molecule has 0 radical (unpaired) electrons. The molecule has 2 saturated heterocycles. The van der Waals surface area contributed by atoms with Gasteiger partial charge in [-0.25, -0.2) is 0 Å². The minimum absolute atomic E-state index is 0.112. The molecule has 1 unspecified atom stereocenters. The van der Waals surface area contributed by atoms with Crippen LogP contribution >= 0.6 is 0 Å². The summed E-state index contributed by atoms with van der Waals surface area (Å²) in [6.07, 6.45) is 1.43. The Morgan fingerprint density at radius 1 is 1.04 bits per heavy atom. The van der Waals surface area contributed by atoms with Gasteiger partial charge in [0.2, 0.25) is 5.91 Å². The summed E-state index contributed by atoms with van der Waals surface area (Å²) >= 11 is 0. The van der Waals surface area contributed by atoms with Crippen LogP contribution in [-0.2, 0) is 9.53 Å². The van der Waals surface area contributed by atoms with Crippen molar-refractivity contribution in [3.8, 4) is 0 Å². The van der Waals surface area contributed by atoms with E-state index in [0.717, 1.165) is 56.6 Å². The molecule has 2 amide bonds. The van der Waals surface area contributed by atoms with Crippen LogP contribution in [0.15, 0.2) is 42.5 Å². The Morgan fingerprint density at radius 2 is 1.82 bits per heavy atom. The van der Waals surface area contributed by atoms with E-state index >= 15 is 0 Å². The average Bonchev–Trinajstić information content (AvgIpc) is 3.28. The third-order valence-corrected chi connectivity index (χ3v) is 5.73. The standard InChI is InChI=1S/C22H27N3O3/c26-21(25-12-10-24(11-13-25)20-8-14-28-16-20)7-9-23-22(27)19-6-5-17-3-1-2-4-18(17)15-19/h1-6,15,20H,7-14,16H2,(H,23,27). The third-order valence-electron chi connectivity index (χ3n) is 5.73. The van der Waals surface area contributed by atoms with Crippen molar-refractivity contribution in [2.75, 3.05) is 45.9 Å². The van der Waals surface area contributed by atoms with Gasteiger partial charge < -0.3 is 15.0 Å². The Hall–Kier alpha value is -2.44. The van der Waals surface area contributed by atoms with Crippen molar-refractivity contribution in [3.05, 3.63) is 48.0 Å². The number of amides is 2. The third kappa shape index (κ3) is 4.34. The van der Waals surface area contributed by atoms with Gasteiger partial charge in [-0.15, -0.1) is 0 Å². The van der Waals surface area contributed by atoms with Gasteiger partial charge in [0.15, 0.2) is 0 Å². The lowest BCUT2D eigenvalue weighted by atomic mass is 10.1. The molecule has 0 aromatic heterocycles. The first-order valence-electron chi connectivity index (χ1n) is 10.1. The van der Waals surface area contributed by atoms with Crippen molar-refractivity contribution in [2.24, 2.45) is 0 Å². The van der Waals surface area contributed by atoms with Crippen LogP contribution in [0.5, 0.6) is 0 Å². The second kappa shape index (κ2) is 8.71. The lowest BCUT2D eigenvalue weighted by molar-refractivity contribution is -0.133. The maximum Gasteiger partial charge on any atom is 0.251 e. The molecule has 0 spiro atoms. The number of ether oxygens (including phenoxy) is 1. The summed E-state index contributed by atoms with van der Waals surface area (Å²) in [4.78, 5) is 29.2. The van der Waals surface area contributed by atoms with E-state index in [1.54, 1.807) is 0 Å². The zero-order chi connectivity index (χ0) is 19.3. The molecule has 6 heteroatoms. The highest BCUT2D eigenvalue weighted by molar-refractivity contribution is 5.98. The van der Waals surface area contributed by atoms with Gasteiger partial charge in [-0.05, 0) is 29.3 Å². The van der Waals surface area contributed by atoms with E-state index in [9.17, 15) is 9.59 Å². The smallest absolute Gasteiger partial charge is 0.251 e. The molecule has 2 heterocycles. The summed E-state index contributed by atoms with van der Waals surface area (Å²) < 4.78 is 5.46. The number of piperazine rings is 1. The van der Waals surface area contributed by atoms with Gasteiger partial charge >= 0.3 is 0 Å². The number of hydrogen-bond acceptors (Lipinski definition) is 4. The number of rotatable bonds is 5. The molecule has 0 saturated carbocycles. The van der Waals surface area contributed by atoms with Gasteiger partial charge in [0.25, 0.3) is 5.91 Å². The number of fused-ring (bicyclic) bond motifs is 1. The quantitative estimate of drug-likeness (QED) is 0.859. The lowest BCUT2D eigenvalue weighted by Gasteiger charge is -2.37. The second-order valence-electron chi connectivity index (χ2n) is 7.50. The molecule has 2 aliphatic heterocycles. The van der Waals surface area contributed by atoms with Crippen molar-refractivity contribution < 1.29 is 14.3 Å². The zero-order valence-electron chi connectivity index (χ0n) is 16.1. The van der Waals surface area contributed by atoms with Crippen LogP contribution < -0.4 is 5.32 Å². The largest absolute Gasteiger partial charge is 0.380 e. The van der Waals surface area contributed by atoms with Crippen molar-refractivity contribution >= 4 is 22.6 Å². The fraction of sp³-hybridized carbons (Fsp3) is 0.455. The monoisotopic (exact) mass is 381 g/mol. The van der Waals surface area contributed by atoms with Gasteiger partial charge in [-0.2, -0.15) is 0 Å². The first kappa shape index (κ1) is 18.9. The molecule has 28 heavy (non-hydrogen) atoms.